The Bertz CT molecular complexity index is 1480. The number of hydrogen-bond acceptors (Lipinski definition) is 1. The van der Waals surface area contributed by atoms with E-state index in [2.05, 4.69) is 4.98 Å². The number of hydrogen-bond donors (Lipinski definition) is 0. The van der Waals surface area contributed by atoms with Gasteiger partial charge < -0.3 is 0 Å². The molecule has 0 saturated heterocycles. The van der Waals surface area contributed by atoms with Gasteiger partial charge in [0.15, 0.2) is 0 Å². The van der Waals surface area contributed by atoms with Gasteiger partial charge in [-0.3, -0.25) is 4.98 Å². The van der Waals surface area contributed by atoms with E-state index in [-0.39, 0.29) is 0 Å². The SMILES string of the molecule is FC(F)(F)c1cc2c(-c3ccccc3)cc3cncc4cc(-c5ccccc5)c(c1)c2c34. The van der Waals surface area contributed by atoms with Crippen LogP contribution >= 0.6 is 0 Å². The summed E-state index contributed by atoms with van der Waals surface area (Å²) in [6.45, 7) is 0. The third-order valence-corrected chi connectivity index (χ3v) is 6.07. The summed E-state index contributed by atoms with van der Waals surface area (Å²) >= 11 is 0. The molecule has 1 heterocycles. The van der Waals surface area contributed by atoms with E-state index in [1.54, 1.807) is 12.4 Å². The molecule has 0 aliphatic heterocycles. The molecule has 6 aromatic rings. The number of nitrogens with zero attached hydrogens (tertiary/aromatic N) is 1. The highest BCUT2D eigenvalue weighted by Crippen LogP contribution is 2.46. The summed E-state index contributed by atoms with van der Waals surface area (Å²) in [5.41, 5.74) is 2.65. The van der Waals surface area contributed by atoms with E-state index in [1.165, 1.54) is 12.1 Å². The molecule has 0 N–H and O–H groups in total. The number of alkyl halides is 3. The van der Waals surface area contributed by atoms with E-state index >= 15 is 0 Å². The Hall–Kier alpha value is -3.92. The largest absolute Gasteiger partial charge is 0.416 e. The maximum absolute atomic E-state index is 14.0. The van der Waals surface area contributed by atoms with E-state index in [4.69, 9.17) is 0 Å². The molecule has 5 aromatic carbocycles. The summed E-state index contributed by atoms with van der Waals surface area (Å²) in [6, 6.07) is 25.6. The Kier molecular flexibility index (Phi) is 3.99. The van der Waals surface area contributed by atoms with Crippen molar-refractivity contribution < 1.29 is 13.2 Å². The highest BCUT2D eigenvalue weighted by Gasteiger charge is 2.32. The van der Waals surface area contributed by atoms with E-state index in [9.17, 15) is 13.2 Å². The molecule has 0 fully saturated rings. The lowest BCUT2D eigenvalue weighted by atomic mass is 9.85. The van der Waals surface area contributed by atoms with Crippen molar-refractivity contribution in [1.29, 1.82) is 0 Å². The van der Waals surface area contributed by atoms with E-state index in [1.807, 2.05) is 72.8 Å². The fourth-order valence-electron chi connectivity index (χ4n) is 4.68. The number of pyridine rings is 1. The van der Waals surface area contributed by atoms with Gasteiger partial charge in [0.1, 0.15) is 0 Å². The molecule has 0 saturated carbocycles. The first-order chi connectivity index (χ1) is 15.5. The Balaban J connectivity index is 1.88. The van der Waals surface area contributed by atoms with Gasteiger partial charge in [0.05, 0.1) is 5.56 Å². The van der Waals surface area contributed by atoms with Crippen molar-refractivity contribution in [1.82, 2.24) is 4.98 Å². The van der Waals surface area contributed by atoms with E-state index in [0.29, 0.717) is 10.8 Å². The zero-order chi connectivity index (χ0) is 21.9. The van der Waals surface area contributed by atoms with Crippen LogP contribution in [0.3, 0.4) is 0 Å². The summed E-state index contributed by atoms with van der Waals surface area (Å²) < 4.78 is 42.0. The summed E-state index contributed by atoms with van der Waals surface area (Å²) in [5, 5.41) is 4.81. The molecule has 154 valence electrons. The number of rotatable bonds is 2. The molecule has 0 radical (unpaired) electrons. The molecule has 1 nitrogen and oxygen atoms in total. The maximum atomic E-state index is 14.0. The van der Waals surface area contributed by atoms with Gasteiger partial charge in [-0.2, -0.15) is 13.2 Å². The molecule has 0 aliphatic carbocycles. The van der Waals surface area contributed by atoms with Crippen molar-refractivity contribution in [2.45, 2.75) is 6.18 Å². The first-order valence-electron chi connectivity index (χ1n) is 10.3. The van der Waals surface area contributed by atoms with Crippen molar-refractivity contribution in [3.05, 3.63) is 103 Å². The lowest BCUT2D eigenvalue weighted by Gasteiger charge is -2.19. The zero-order valence-corrected chi connectivity index (χ0v) is 16.8. The minimum Gasteiger partial charge on any atom is -0.263 e. The van der Waals surface area contributed by atoms with Gasteiger partial charge in [-0.1, -0.05) is 60.7 Å². The van der Waals surface area contributed by atoms with Crippen LogP contribution in [0.15, 0.2) is 97.3 Å². The highest BCUT2D eigenvalue weighted by molar-refractivity contribution is 6.29. The zero-order valence-electron chi connectivity index (χ0n) is 16.8. The van der Waals surface area contributed by atoms with Crippen LogP contribution in [0.1, 0.15) is 5.56 Å². The molecule has 0 amide bonds. The van der Waals surface area contributed by atoms with Crippen LogP contribution in [0.5, 0.6) is 0 Å². The van der Waals surface area contributed by atoms with Gasteiger partial charge in [0.25, 0.3) is 0 Å². The molecular weight excluding hydrogens is 407 g/mol. The summed E-state index contributed by atoms with van der Waals surface area (Å²) in [5.74, 6) is 0. The van der Waals surface area contributed by atoms with Crippen LogP contribution in [0, 0.1) is 0 Å². The molecule has 0 bridgehead atoms. The fourth-order valence-corrected chi connectivity index (χ4v) is 4.68. The lowest BCUT2D eigenvalue weighted by Crippen LogP contribution is -2.05. The minimum atomic E-state index is -4.45. The van der Waals surface area contributed by atoms with Crippen LogP contribution < -0.4 is 0 Å². The van der Waals surface area contributed by atoms with E-state index < -0.39 is 11.7 Å². The standard InChI is InChI=1S/C28H16F3N/c29-28(30,31)21-13-24-22(17-7-3-1-4-8-17)11-19-15-32-16-20-12-23(18-9-5-2-6-10-18)25(14-21)27(24)26(19)20/h1-16H. The molecule has 6 rings (SSSR count). The second-order valence-corrected chi connectivity index (χ2v) is 7.99. The Labute approximate surface area is 182 Å². The topological polar surface area (TPSA) is 12.9 Å². The lowest BCUT2D eigenvalue weighted by molar-refractivity contribution is -0.137. The molecule has 1 aromatic heterocycles. The summed E-state index contributed by atoms with van der Waals surface area (Å²) in [4.78, 5) is 4.41. The second kappa shape index (κ2) is 6.79. The molecular formula is C28H16F3N. The Morgan fingerprint density at radius 1 is 0.562 bits per heavy atom. The van der Waals surface area contributed by atoms with Gasteiger partial charge in [-0.15, -0.1) is 0 Å². The average Bonchev–Trinajstić information content (AvgIpc) is 2.82. The Morgan fingerprint density at radius 3 is 1.47 bits per heavy atom. The smallest absolute Gasteiger partial charge is 0.263 e. The van der Waals surface area contributed by atoms with Crippen molar-refractivity contribution in [2.75, 3.05) is 0 Å². The van der Waals surface area contributed by atoms with Crippen LogP contribution in [0.2, 0.25) is 0 Å². The second-order valence-electron chi connectivity index (χ2n) is 7.99. The van der Waals surface area contributed by atoms with Crippen LogP contribution in [-0.4, -0.2) is 4.98 Å². The molecule has 0 atom stereocenters. The predicted octanol–water partition coefficient (Wildman–Crippen LogP) is 8.33. The van der Waals surface area contributed by atoms with Crippen LogP contribution in [-0.2, 0) is 6.18 Å². The third-order valence-electron chi connectivity index (χ3n) is 6.07. The molecule has 4 heteroatoms. The minimum absolute atomic E-state index is 0.600. The molecule has 0 unspecified atom stereocenters. The normalized spacial score (nSPS) is 12.2. The average molecular weight is 423 g/mol. The third kappa shape index (κ3) is 2.83. The monoisotopic (exact) mass is 423 g/mol. The fraction of sp³-hybridized carbons (Fsp3) is 0.0357. The van der Waals surface area contributed by atoms with Crippen LogP contribution in [0.4, 0.5) is 13.2 Å². The van der Waals surface area contributed by atoms with Gasteiger partial charge >= 0.3 is 6.18 Å². The van der Waals surface area contributed by atoms with Gasteiger partial charge in [0.2, 0.25) is 0 Å². The van der Waals surface area contributed by atoms with Gasteiger partial charge in [-0.25, -0.2) is 0 Å². The van der Waals surface area contributed by atoms with Gasteiger partial charge in [0, 0.05) is 28.6 Å². The quantitative estimate of drug-likeness (QED) is 0.255. The first-order valence-corrected chi connectivity index (χ1v) is 10.3. The van der Waals surface area contributed by atoms with Crippen molar-refractivity contribution in [3.8, 4) is 22.3 Å². The highest BCUT2D eigenvalue weighted by atomic mass is 19.4. The number of aromatic nitrogens is 1. The maximum Gasteiger partial charge on any atom is 0.416 e. The predicted molar refractivity (Wildman–Crippen MR) is 124 cm³/mol. The van der Waals surface area contributed by atoms with Crippen molar-refractivity contribution in [2.24, 2.45) is 0 Å². The Morgan fingerprint density at radius 2 is 1.03 bits per heavy atom. The molecule has 0 aliphatic rings. The van der Waals surface area contributed by atoms with Gasteiger partial charge in [-0.05, 0) is 62.7 Å². The first kappa shape index (κ1) is 18.8. The molecule has 32 heavy (non-hydrogen) atoms. The van der Waals surface area contributed by atoms with Crippen molar-refractivity contribution >= 4 is 32.3 Å². The molecule has 0 spiro atoms. The number of benzene rings is 5. The summed E-state index contributed by atoms with van der Waals surface area (Å²) in [6.07, 6.45) is -0.880. The number of halogens is 3. The van der Waals surface area contributed by atoms with E-state index in [0.717, 1.165) is 43.8 Å². The summed E-state index contributed by atoms with van der Waals surface area (Å²) in [7, 11) is 0. The van der Waals surface area contributed by atoms with Crippen LogP contribution in [0.25, 0.3) is 54.6 Å². The van der Waals surface area contributed by atoms with Crippen molar-refractivity contribution in [3.63, 3.8) is 0 Å².